The lowest BCUT2D eigenvalue weighted by atomic mass is 9.64. The van der Waals surface area contributed by atoms with Gasteiger partial charge in [-0.15, -0.1) is 0 Å². The maximum Gasteiger partial charge on any atom is 0.0932 e. The predicted octanol–water partition coefficient (Wildman–Crippen LogP) is 4.27. The van der Waals surface area contributed by atoms with Crippen molar-refractivity contribution in [1.82, 2.24) is 0 Å². The van der Waals surface area contributed by atoms with Crippen LogP contribution in [-0.4, -0.2) is 5.11 Å². The van der Waals surface area contributed by atoms with Gasteiger partial charge in [0.1, 0.15) is 0 Å². The van der Waals surface area contributed by atoms with E-state index >= 15 is 0 Å². The fourth-order valence-corrected chi connectivity index (χ4v) is 3.74. The molecule has 1 N–H and O–H groups in total. The molecule has 2 unspecified atom stereocenters. The van der Waals surface area contributed by atoms with Crippen LogP contribution in [0.4, 0.5) is 0 Å². The standard InChI is InChI=1S/C17H26O/c1-12(2)15-10-9-13(3)11-17(15,18)16-8-6-5-7-14(16)4/h5-8,12-13,15,18H,9-11H2,1-4H3/t13?,15?,17-/m0/s1. The van der Waals surface area contributed by atoms with Gasteiger partial charge in [-0.3, -0.25) is 0 Å². The highest BCUT2D eigenvalue weighted by Crippen LogP contribution is 2.47. The van der Waals surface area contributed by atoms with E-state index in [1.54, 1.807) is 0 Å². The number of hydrogen-bond acceptors (Lipinski definition) is 1. The van der Waals surface area contributed by atoms with E-state index < -0.39 is 5.60 Å². The molecule has 0 radical (unpaired) electrons. The summed E-state index contributed by atoms with van der Waals surface area (Å²) in [6.45, 7) is 8.86. The zero-order chi connectivity index (χ0) is 13.3. The molecule has 0 aromatic heterocycles. The molecular weight excluding hydrogens is 220 g/mol. The first kappa shape index (κ1) is 13.6. The SMILES string of the molecule is Cc1ccccc1[C@]1(O)CC(C)CCC1C(C)C. The fourth-order valence-electron chi connectivity index (χ4n) is 3.74. The second-order valence-electron chi connectivity index (χ2n) is 6.48. The van der Waals surface area contributed by atoms with Crippen molar-refractivity contribution in [2.75, 3.05) is 0 Å². The minimum absolute atomic E-state index is 0.384. The van der Waals surface area contributed by atoms with Crippen molar-refractivity contribution in [2.24, 2.45) is 17.8 Å². The van der Waals surface area contributed by atoms with E-state index in [1.807, 2.05) is 0 Å². The summed E-state index contributed by atoms with van der Waals surface area (Å²) in [6, 6.07) is 8.34. The summed E-state index contributed by atoms with van der Waals surface area (Å²) < 4.78 is 0. The molecule has 100 valence electrons. The molecule has 1 aromatic carbocycles. The molecule has 18 heavy (non-hydrogen) atoms. The fraction of sp³-hybridized carbons (Fsp3) is 0.647. The molecule has 1 nitrogen and oxygen atoms in total. The Morgan fingerprint density at radius 1 is 1.22 bits per heavy atom. The molecule has 1 aromatic rings. The molecular formula is C17H26O. The van der Waals surface area contributed by atoms with E-state index in [1.165, 1.54) is 12.0 Å². The molecule has 1 aliphatic carbocycles. The highest BCUT2D eigenvalue weighted by molar-refractivity contribution is 5.32. The molecule has 0 amide bonds. The Kier molecular flexibility index (Phi) is 3.82. The van der Waals surface area contributed by atoms with Gasteiger partial charge in [-0.1, -0.05) is 51.5 Å². The quantitative estimate of drug-likeness (QED) is 0.826. The van der Waals surface area contributed by atoms with Gasteiger partial charge in [0.15, 0.2) is 0 Å². The van der Waals surface area contributed by atoms with Crippen LogP contribution in [0.3, 0.4) is 0 Å². The topological polar surface area (TPSA) is 20.2 Å². The smallest absolute Gasteiger partial charge is 0.0932 e. The van der Waals surface area contributed by atoms with Crippen LogP contribution in [0, 0.1) is 24.7 Å². The maximum absolute atomic E-state index is 11.3. The first-order valence-electron chi connectivity index (χ1n) is 7.23. The van der Waals surface area contributed by atoms with Gasteiger partial charge in [0.25, 0.3) is 0 Å². The average molecular weight is 246 g/mol. The van der Waals surface area contributed by atoms with Crippen molar-refractivity contribution >= 4 is 0 Å². The van der Waals surface area contributed by atoms with Crippen LogP contribution < -0.4 is 0 Å². The molecule has 1 fully saturated rings. The molecule has 3 atom stereocenters. The average Bonchev–Trinajstić information content (AvgIpc) is 2.28. The number of benzene rings is 1. The summed E-state index contributed by atoms with van der Waals surface area (Å²) in [7, 11) is 0. The first-order chi connectivity index (χ1) is 8.45. The van der Waals surface area contributed by atoms with Crippen molar-refractivity contribution < 1.29 is 5.11 Å². The molecule has 2 rings (SSSR count). The Bertz CT molecular complexity index is 410. The van der Waals surface area contributed by atoms with Gasteiger partial charge in [-0.2, -0.15) is 0 Å². The van der Waals surface area contributed by atoms with Crippen LogP contribution in [-0.2, 0) is 5.60 Å². The van der Waals surface area contributed by atoms with Crippen molar-refractivity contribution in [3.63, 3.8) is 0 Å². The van der Waals surface area contributed by atoms with Gasteiger partial charge in [-0.25, -0.2) is 0 Å². The minimum Gasteiger partial charge on any atom is -0.385 e. The second-order valence-corrected chi connectivity index (χ2v) is 6.48. The third kappa shape index (κ3) is 2.33. The van der Waals surface area contributed by atoms with E-state index in [-0.39, 0.29) is 0 Å². The molecule has 1 heteroatoms. The molecule has 0 heterocycles. The molecule has 0 spiro atoms. The van der Waals surface area contributed by atoms with Crippen LogP contribution >= 0.6 is 0 Å². The Morgan fingerprint density at radius 2 is 1.89 bits per heavy atom. The van der Waals surface area contributed by atoms with E-state index in [0.717, 1.165) is 18.4 Å². The van der Waals surface area contributed by atoms with Crippen molar-refractivity contribution in [1.29, 1.82) is 0 Å². The Hall–Kier alpha value is -0.820. The number of aliphatic hydroxyl groups is 1. The summed E-state index contributed by atoms with van der Waals surface area (Å²) >= 11 is 0. The summed E-state index contributed by atoms with van der Waals surface area (Å²) in [6.07, 6.45) is 3.29. The molecule has 1 saturated carbocycles. The summed E-state index contributed by atoms with van der Waals surface area (Å²) in [5, 5.41) is 11.3. The van der Waals surface area contributed by atoms with E-state index in [9.17, 15) is 5.11 Å². The van der Waals surface area contributed by atoms with E-state index in [0.29, 0.717) is 17.8 Å². The summed E-state index contributed by atoms with van der Waals surface area (Å²) in [5.41, 5.74) is 1.74. The minimum atomic E-state index is -0.628. The Morgan fingerprint density at radius 3 is 2.50 bits per heavy atom. The van der Waals surface area contributed by atoms with E-state index in [4.69, 9.17) is 0 Å². The van der Waals surface area contributed by atoms with Gasteiger partial charge in [0.05, 0.1) is 5.60 Å². The van der Waals surface area contributed by atoms with Crippen LogP contribution in [0.15, 0.2) is 24.3 Å². The normalized spacial score (nSPS) is 32.8. The van der Waals surface area contributed by atoms with Gasteiger partial charge in [0.2, 0.25) is 0 Å². The largest absolute Gasteiger partial charge is 0.385 e. The lowest BCUT2D eigenvalue weighted by Crippen LogP contribution is -2.43. The van der Waals surface area contributed by atoms with Gasteiger partial charge in [0, 0.05) is 0 Å². The number of rotatable bonds is 2. The maximum atomic E-state index is 11.3. The molecule has 0 saturated heterocycles. The zero-order valence-corrected chi connectivity index (χ0v) is 12.1. The molecule has 1 aliphatic rings. The highest BCUT2D eigenvalue weighted by atomic mass is 16.3. The second kappa shape index (κ2) is 5.05. The van der Waals surface area contributed by atoms with Crippen molar-refractivity contribution in [3.8, 4) is 0 Å². The van der Waals surface area contributed by atoms with Gasteiger partial charge in [-0.05, 0) is 48.6 Å². The van der Waals surface area contributed by atoms with Crippen LogP contribution in [0.2, 0.25) is 0 Å². The van der Waals surface area contributed by atoms with Crippen LogP contribution in [0.5, 0.6) is 0 Å². The summed E-state index contributed by atoms with van der Waals surface area (Å²) in [5.74, 6) is 1.53. The van der Waals surface area contributed by atoms with Gasteiger partial charge < -0.3 is 5.11 Å². The van der Waals surface area contributed by atoms with Gasteiger partial charge >= 0.3 is 0 Å². The monoisotopic (exact) mass is 246 g/mol. The zero-order valence-electron chi connectivity index (χ0n) is 12.1. The molecule has 0 aliphatic heterocycles. The summed E-state index contributed by atoms with van der Waals surface area (Å²) in [4.78, 5) is 0. The van der Waals surface area contributed by atoms with Crippen molar-refractivity contribution in [3.05, 3.63) is 35.4 Å². The first-order valence-corrected chi connectivity index (χ1v) is 7.23. The lowest BCUT2D eigenvalue weighted by Gasteiger charge is -2.45. The van der Waals surface area contributed by atoms with Crippen molar-refractivity contribution in [2.45, 2.75) is 52.6 Å². The van der Waals surface area contributed by atoms with Crippen LogP contribution in [0.1, 0.15) is 51.2 Å². The lowest BCUT2D eigenvalue weighted by molar-refractivity contribution is -0.0869. The van der Waals surface area contributed by atoms with E-state index in [2.05, 4.69) is 52.0 Å². The Balaban J connectivity index is 2.44. The Labute approximate surface area is 111 Å². The third-order valence-corrected chi connectivity index (χ3v) is 4.66. The third-order valence-electron chi connectivity index (χ3n) is 4.66. The molecule has 0 bridgehead atoms. The number of hydrogen-bond donors (Lipinski definition) is 1. The predicted molar refractivity (Wildman–Crippen MR) is 76.4 cm³/mol. The number of aryl methyl sites for hydroxylation is 1. The van der Waals surface area contributed by atoms with Crippen LogP contribution in [0.25, 0.3) is 0 Å². The highest BCUT2D eigenvalue weighted by Gasteiger charge is 2.44.